The van der Waals surface area contributed by atoms with Crippen molar-refractivity contribution in [2.75, 3.05) is 5.32 Å². The van der Waals surface area contributed by atoms with Crippen molar-refractivity contribution in [2.45, 2.75) is 6.61 Å². The number of pyridine rings is 1. The lowest BCUT2D eigenvalue weighted by atomic mass is 10.2. The molecule has 23 heavy (non-hydrogen) atoms. The second-order valence-corrected chi connectivity index (χ2v) is 5.01. The fourth-order valence-corrected chi connectivity index (χ4v) is 2.27. The summed E-state index contributed by atoms with van der Waals surface area (Å²) in [7, 11) is 0. The van der Waals surface area contributed by atoms with Gasteiger partial charge in [0.05, 0.1) is 10.5 Å². The predicted molar refractivity (Wildman–Crippen MR) is 83.2 cm³/mol. The van der Waals surface area contributed by atoms with Gasteiger partial charge in [-0.05, 0) is 24.3 Å². The average molecular weight is 336 g/mol. The molecule has 4 N–H and O–H groups in total. The molecule has 0 saturated carbocycles. The quantitative estimate of drug-likeness (QED) is 0.255. The minimum absolute atomic E-state index is 0.0590. The van der Waals surface area contributed by atoms with Gasteiger partial charge in [-0.15, -0.1) is 0 Å². The van der Waals surface area contributed by atoms with Crippen molar-refractivity contribution >= 4 is 34.3 Å². The first-order valence-electron chi connectivity index (χ1n) is 6.51. The van der Waals surface area contributed by atoms with Crippen LogP contribution in [0.15, 0.2) is 35.6 Å². The van der Waals surface area contributed by atoms with Gasteiger partial charge in [-0.25, -0.2) is 14.4 Å². The molecule has 3 rings (SSSR count). The average Bonchev–Trinajstić information content (AvgIpc) is 2.99. The Kier molecular flexibility index (Phi) is 4.09. The molecule has 2 aromatic heterocycles. The smallest absolute Gasteiger partial charge is 0.179 e. The van der Waals surface area contributed by atoms with Gasteiger partial charge in [0.25, 0.3) is 0 Å². The number of amidine groups is 1. The highest BCUT2D eigenvalue weighted by atomic mass is 35.5. The molecule has 0 fully saturated rings. The number of halogens is 2. The number of hydrogen-bond acceptors (Lipinski definition) is 5. The molecule has 0 radical (unpaired) electrons. The maximum Gasteiger partial charge on any atom is 0.179 e. The van der Waals surface area contributed by atoms with Crippen LogP contribution in [-0.2, 0) is 6.61 Å². The summed E-state index contributed by atoms with van der Waals surface area (Å²) in [5, 5.41) is 24.5. The van der Waals surface area contributed by atoms with Gasteiger partial charge in [0, 0.05) is 17.4 Å². The summed E-state index contributed by atoms with van der Waals surface area (Å²) >= 11 is 5.73. The van der Waals surface area contributed by atoms with Gasteiger partial charge in [-0.2, -0.15) is 0 Å². The number of aliphatic hydroxyl groups excluding tert-OH is 1. The van der Waals surface area contributed by atoms with E-state index in [-0.39, 0.29) is 17.5 Å². The Balaban J connectivity index is 2.01. The summed E-state index contributed by atoms with van der Waals surface area (Å²) in [5.41, 5.74) is 1.78. The third kappa shape index (κ3) is 2.94. The van der Waals surface area contributed by atoms with E-state index in [1.165, 1.54) is 24.4 Å². The number of imidazole rings is 1. The SMILES string of the molecule is OCc1nc2nccc(/C(=N/O)Nc3ccc(F)c(Cl)c3)c2[nH]1. The Labute approximate surface area is 134 Å². The third-order valence-corrected chi connectivity index (χ3v) is 3.42. The van der Waals surface area contributed by atoms with Crippen LogP contribution < -0.4 is 5.32 Å². The number of nitrogens with zero attached hydrogens (tertiary/aromatic N) is 3. The van der Waals surface area contributed by atoms with Crippen molar-refractivity contribution in [2.24, 2.45) is 5.16 Å². The highest BCUT2D eigenvalue weighted by molar-refractivity contribution is 6.31. The lowest BCUT2D eigenvalue weighted by molar-refractivity contribution is 0.273. The molecule has 2 heterocycles. The number of oxime groups is 1. The molecular weight excluding hydrogens is 325 g/mol. The van der Waals surface area contributed by atoms with Crippen LogP contribution in [0.25, 0.3) is 11.2 Å². The Morgan fingerprint density at radius 3 is 2.91 bits per heavy atom. The minimum Gasteiger partial charge on any atom is -0.409 e. The van der Waals surface area contributed by atoms with Crippen LogP contribution in [0.5, 0.6) is 0 Å². The summed E-state index contributed by atoms with van der Waals surface area (Å²) in [6.45, 7) is -0.275. The molecular formula is C14H11ClFN5O2. The molecule has 0 unspecified atom stereocenters. The van der Waals surface area contributed by atoms with Crippen LogP contribution in [0.3, 0.4) is 0 Å². The van der Waals surface area contributed by atoms with E-state index in [1.807, 2.05) is 0 Å². The number of rotatable bonds is 3. The number of aliphatic hydroxyl groups is 1. The van der Waals surface area contributed by atoms with Gasteiger partial charge in [-0.3, -0.25) is 0 Å². The summed E-state index contributed by atoms with van der Waals surface area (Å²) in [5.74, 6) is -0.123. The number of aromatic nitrogens is 3. The molecule has 118 valence electrons. The molecule has 0 saturated heterocycles. The van der Waals surface area contributed by atoms with Gasteiger partial charge in [-0.1, -0.05) is 16.8 Å². The highest BCUT2D eigenvalue weighted by Gasteiger charge is 2.14. The molecule has 9 heteroatoms. The van der Waals surface area contributed by atoms with Crippen LogP contribution in [0, 0.1) is 5.82 Å². The van der Waals surface area contributed by atoms with Crippen molar-refractivity contribution < 1.29 is 14.7 Å². The zero-order valence-corrected chi connectivity index (χ0v) is 12.3. The maximum atomic E-state index is 13.2. The van der Waals surface area contributed by atoms with Crippen LogP contribution >= 0.6 is 11.6 Å². The van der Waals surface area contributed by atoms with E-state index in [4.69, 9.17) is 16.7 Å². The van der Waals surface area contributed by atoms with E-state index < -0.39 is 5.82 Å². The van der Waals surface area contributed by atoms with Gasteiger partial charge in [0.2, 0.25) is 0 Å². The summed E-state index contributed by atoms with van der Waals surface area (Å²) < 4.78 is 13.2. The van der Waals surface area contributed by atoms with E-state index in [9.17, 15) is 9.60 Å². The van der Waals surface area contributed by atoms with Crippen LogP contribution in [0.2, 0.25) is 5.02 Å². The molecule has 0 amide bonds. The Morgan fingerprint density at radius 2 is 2.22 bits per heavy atom. The third-order valence-electron chi connectivity index (χ3n) is 3.13. The first-order valence-corrected chi connectivity index (χ1v) is 6.89. The summed E-state index contributed by atoms with van der Waals surface area (Å²) in [6, 6.07) is 5.63. The van der Waals surface area contributed by atoms with E-state index in [2.05, 4.69) is 25.4 Å². The molecule has 7 nitrogen and oxygen atoms in total. The van der Waals surface area contributed by atoms with Crippen LogP contribution in [0.4, 0.5) is 10.1 Å². The number of benzene rings is 1. The lowest BCUT2D eigenvalue weighted by Gasteiger charge is -2.09. The zero-order valence-electron chi connectivity index (χ0n) is 11.6. The van der Waals surface area contributed by atoms with Crippen molar-refractivity contribution in [3.63, 3.8) is 0 Å². The van der Waals surface area contributed by atoms with E-state index >= 15 is 0 Å². The van der Waals surface area contributed by atoms with Gasteiger partial charge >= 0.3 is 0 Å². The van der Waals surface area contributed by atoms with Crippen molar-refractivity contribution in [1.29, 1.82) is 0 Å². The number of H-pyrrole nitrogens is 1. The normalized spacial score (nSPS) is 11.9. The minimum atomic E-state index is -0.549. The van der Waals surface area contributed by atoms with Gasteiger partial charge in [0.1, 0.15) is 18.2 Å². The number of nitrogens with one attached hydrogen (secondary N) is 2. The van der Waals surface area contributed by atoms with E-state index in [0.29, 0.717) is 28.2 Å². The maximum absolute atomic E-state index is 13.2. The topological polar surface area (TPSA) is 106 Å². The van der Waals surface area contributed by atoms with Crippen molar-refractivity contribution in [3.05, 3.63) is 52.7 Å². The van der Waals surface area contributed by atoms with Crippen molar-refractivity contribution in [1.82, 2.24) is 15.0 Å². The Morgan fingerprint density at radius 1 is 1.39 bits per heavy atom. The molecule has 0 spiro atoms. The van der Waals surface area contributed by atoms with E-state index in [1.54, 1.807) is 6.07 Å². The second-order valence-electron chi connectivity index (χ2n) is 4.60. The van der Waals surface area contributed by atoms with Crippen LogP contribution in [-0.4, -0.2) is 31.1 Å². The molecule has 0 bridgehead atoms. The first-order chi connectivity index (χ1) is 11.1. The Bertz CT molecular complexity index is 896. The number of fused-ring (bicyclic) bond motifs is 1. The fraction of sp³-hybridized carbons (Fsp3) is 0.0714. The lowest BCUT2D eigenvalue weighted by Crippen LogP contribution is -2.14. The summed E-state index contributed by atoms with van der Waals surface area (Å²) in [6.07, 6.45) is 1.49. The molecule has 0 aliphatic heterocycles. The first kappa shape index (κ1) is 15.2. The highest BCUT2D eigenvalue weighted by Crippen LogP contribution is 2.21. The van der Waals surface area contributed by atoms with Gasteiger partial charge in [0.15, 0.2) is 11.5 Å². The molecule has 3 aromatic rings. The van der Waals surface area contributed by atoms with Crippen LogP contribution in [0.1, 0.15) is 11.4 Å². The standard InChI is InChI=1S/C14H11ClFN5O2/c15-9-5-7(1-2-10(9)16)18-13(21-23)8-3-4-17-14-12(8)19-11(6-22)20-14/h1-5,22-23H,6H2,(H,18,21)(H,17,19,20). The zero-order chi connectivity index (χ0) is 16.4. The predicted octanol–water partition coefficient (Wildman–Crippen LogP) is 2.49. The molecule has 0 aliphatic carbocycles. The monoisotopic (exact) mass is 335 g/mol. The van der Waals surface area contributed by atoms with Crippen molar-refractivity contribution in [3.8, 4) is 0 Å². The second kappa shape index (κ2) is 6.19. The molecule has 1 aromatic carbocycles. The largest absolute Gasteiger partial charge is 0.409 e. The molecule has 0 aliphatic rings. The molecule has 0 atom stereocenters. The fourth-order valence-electron chi connectivity index (χ4n) is 2.09. The number of anilines is 1. The summed E-state index contributed by atoms with van der Waals surface area (Å²) in [4.78, 5) is 11.1. The number of aromatic amines is 1. The van der Waals surface area contributed by atoms with Gasteiger partial charge < -0.3 is 20.6 Å². The Hall–Kier alpha value is -2.71. The number of hydrogen-bond donors (Lipinski definition) is 4. The van der Waals surface area contributed by atoms with E-state index in [0.717, 1.165) is 0 Å².